The minimum Gasteiger partial charge on any atom is -0.508 e. The van der Waals surface area contributed by atoms with Gasteiger partial charge in [0.05, 0.1) is 17.1 Å². The molecule has 4 nitrogen and oxygen atoms in total. The van der Waals surface area contributed by atoms with Gasteiger partial charge in [0, 0.05) is 6.42 Å². The zero-order valence-electron chi connectivity index (χ0n) is 9.46. The number of phenolic OH excluding ortho intramolecular Hbond substituents is 1. The highest BCUT2D eigenvalue weighted by Crippen LogP contribution is 2.29. The van der Waals surface area contributed by atoms with Crippen molar-refractivity contribution >= 4 is 9.84 Å². The molecule has 1 atom stereocenters. The van der Waals surface area contributed by atoms with Crippen molar-refractivity contribution in [3.8, 4) is 5.75 Å². The number of para-hydroxylation sites is 1. The van der Waals surface area contributed by atoms with Gasteiger partial charge >= 0.3 is 0 Å². The summed E-state index contributed by atoms with van der Waals surface area (Å²) in [7, 11) is -3.15. The molecule has 0 aliphatic carbocycles. The quantitative estimate of drug-likeness (QED) is 0.823. The highest BCUT2D eigenvalue weighted by Gasteiger charge is 2.37. The summed E-state index contributed by atoms with van der Waals surface area (Å²) in [5.41, 5.74) is -0.650. The van der Waals surface area contributed by atoms with Gasteiger partial charge in [0.15, 0.2) is 9.84 Å². The fourth-order valence-electron chi connectivity index (χ4n) is 2.33. The molecule has 2 rings (SSSR count). The van der Waals surface area contributed by atoms with Crippen molar-refractivity contribution in [2.45, 2.75) is 24.9 Å². The summed E-state index contributed by atoms with van der Waals surface area (Å²) < 4.78 is 23.0. The van der Waals surface area contributed by atoms with Crippen LogP contribution >= 0.6 is 0 Å². The molecule has 1 aromatic carbocycles. The molecule has 1 unspecified atom stereocenters. The molecule has 17 heavy (non-hydrogen) atoms. The molecule has 0 amide bonds. The summed E-state index contributed by atoms with van der Waals surface area (Å²) in [5, 5.41) is 19.9. The van der Waals surface area contributed by atoms with E-state index < -0.39 is 15.4 Å². The molecule has 1 aliphatic rings. The Kier molecular flexibility index (Phi) is 3.14. The third kappa shape index (κ3) is 2.98. The third-order valence-corrected chi connectivity index (χ3v) is 4.99. The van der Waals surface area contributed by atoms with Gasteiger partial charge in [-0.3, -0.25) is 0 Å². The number of benzene rings is 1. The van der Waals surface area contributed by atoms with E-state index in [9.17, 15) is 18.6 Å². The monoisotopic (exact) mass is 256 g/mol. The number of aliphatic hydroxyl groups is 1. The summed E-state index contributed by atoms with van der Waals surface area (Å²) in [5.74, 6) is 0.0358. The summed E-state index contributed by atoms with van der Waals surface area (Å²) in [6.45, 7) is 0. The van der Waals surface area contributed by atoms with Crippen LogP contribution in [0.25, 0.3) is 0 Å². The smallest absolute Gasteiger partial charge is 0.153 e. The normalized spacial score (nSPS) is 27.8. The highest BCUT2D eigenvalue weighted by atomic mass is 32.2. The van der Waals surface area contributed by atoms with Gasteiger partial charge in [-0.1, -0.05) is 18.2 Å². The topological polar surface area (TPSA) is 74.6 Å². The first-order valence-electron chi connectivity index (χ1n) is 5.60. The lowest BCUT2D eigenvalue weighted by atomic mass is 9.91. The minimum atomic E-state index is -3.15. The van der Waals surface area contributed by atoms with Gasteiger partial charge in [0.1, 0.15) is 5.75 Å². The van der Waals surface area contributed by atoms with Crippen LogP contribution in [0, 0.1) is 0 Å². The molecule has 0 bridgehead atoms. The van der Waals surface area contributed by atoms with E-state index in [1.54, 1.807) is 18.2 Å². The fourth-order valence-corrected chi connectivity index (χ4v) is 4.12. The Morgan fingerprint density at radius 1 is 1.29 bits per heavy atom. The summed E-state index contributed by atoms with van der Waals surface area (Å²) in [6.07, 6.45) is 1.12. The lowest BCUT2D eigenvalue weighted by Crippen LogP contribution is -2.44. The van der Waals surface area contributed by atoms with E-state index in [2.05, 4.69) is 0 Å². The maximum Gasteiger partial charge on any atom is 0.153 e. The Morgan fingerprint density at radius 3 is 2.65 bits per heavy atom. The van der Waals surface area contributed by atoms with Gasteiger partial charge in [-0.25, -0.2) is 8.42 Å². The van der Waals surface area contributed by atoms with Crippen molar-refractivity contribution in [1.29, 1.82) is 0 Å². The number of hydrogen-bond acceptors (Lipinski definition) is 4. The van der Waals surface area contributed by atoms with Crippen LogP contribution in [0.5, 0.6) is 5.75 Å². The predicted molar refractivity (Wildman–Crippen MR) is 64.6 cm³/mol. The minimum absolute atomic E-state index is 0.101. The Balaban J connectivity index is 2.20. The van der Waals surface area contributed by atoms with Crippen LogP contribution in [-0.2, 0) is 16.3 Å². The number of rotatable bonds is 2. The lowest BCUT2D eigenvalue weighted by molar-refractivity contribution is 0.0497. The molecule has 1 aromatic rings. The second-order valence-electron chi connectivity index (χ2n) is 4.73. The molecule has 94 valence electrons. The SMILES string of the molecule is O=S1(=O)CCCC(O)(Cc2ccccc2O)C1. The van der Waals surface area contributed by atoms with Gasteiger partial charge in [0.25, 0.3) is 0 Å². The first-order chi connectivity index (χ1) is 7.90. The second kappa shape index (κ2) is 4.31. The van der Waals surface area contributed by atoms with Crippen molar-refractivity contribution in [2.24, 2.45) is 0 Å². The lowest BCUT2D eigenvalue weighted by Gasteiger charge is -2.32. The predicted octanol–water partition coefficient (Wildman–Crippen LogP) is 0.874. The Morgan fingerprint density at radius 2 is 2.00 bits per heavy atom. The molecule has 0 radical (unpaired) electrons. The molecule has 0 saturated carbocycles. The number of aromatic hydroxyl groups is 1. The van der Waals surface area contributed by atoms with Crippen LogP contribution in [0.4, 0.5) is 0 Å². The largest absolute Gasteiger partial charge is 0.508 e. The fraction of sp³-hybridized carbons (Fsp3) is 0.500. The molecular formula is C12H16O4S. The first-order valence-corrected chi connectivity index (χ1v) is 7.42. The Bertz CT molecular complexity index is 509. The van der Waals surface area contributed by atoms with Crippen molar-refractivity contribution in [1.82, 2.24) is 0 Å². The van der Waals surface area contributed by atoms with Crippen molar-refractivity contribution in [3.63, 3.8) is 0 Å². The molecule has 1 saturated heterocycles. The third-order valence-electron chi connectivity index (χ3n) is 3.10. The number of sulfone groups is 1. The average Bonchev–Trinajstić information content (AvgIpc) is 2.19. The molecule has 0 aromatic heterocycles. The van der Waals surface area contributed by atoms with E-state index in [1.165, 1.54) is 6.07 Å². The number of phenols is 1. The standard InChI is InChI=1S/C12H16O4S/c13-11-5-2-1-4-10(11)8-12(14)6-3-7-17(15,16)9-12/h1-2,4-5,13-14H,3,6-9H2. The Hall–Kier alpha value is -1.07. The molecule has 2 N–H and O–H groups in total. The number of hydrogen-bond donors (Lipinski definition) is 2. The zero-order chi connectivity index (χ0) is 12.5. The molecule has 1 heterocycles. The maximum absolute atomic E-state index is 11.5. The van der Waals surface area contributed by atoms with E-state index in [0.717, 1.165) is 0 Å². The first kappa shape index (κ1) is 12.4. The molecule has 1 aliphatic heterocycles. The molecule has 0 spiro atoms. The van der Waals surface area contributed by atoms with Gasteiger partial charge in [-0.15, -0.1) is 0 Å². The van der Waals surface area contributed by atoms with Crippen molar-refractivity contribution in [2.75, 3.05) is 11.5 Å². The maximum atomic E-state index is 11.5. The van der Waals surface area contributed by atoms with E-state index in [1.807, 2.05) is 0 Å². The Labute approximate surface area is 101 Å². The van der Waals surface area contributed by atoms with Gasteiger partial charge < -0.3 is 10.2 Å². The van der Waals surface area contributed by atoms with Crippen LogP contribution in [0.2, 0.25) is 0 Å². The van der Waals surface area contributed by atoms with Crippen molar-refractivity contribution in [3.05, 3.63) is 29.8 Å². The van der Waals surface area contributed by atoms with Crippen LogP contribution in [0.3, 0.4) is 0 Å². The zero-order valence-corrected chi connectivity index (χ0v) is 10.3. The second-order valence-corrected chi connectivity index (χ2v) is 6.91. The van der Waals surface area contributed by atoms with E-state index in [0.29, 0.717) is 18.4 Å². The van der Waals surface area contributed by atoms with Gasteiger partial charge in [-0.2, -0.15) is 0 Å². The summed E-state index contributed by atoms with van der Waals surface area (Å²) in [4.78, 5) is 0. The van der Waals surface area contributed by atoms with Gasteiger partial charge in [0.2, 0.25) is 0 Å². The van der Waals surface area contributed by atoms with Crippen LogP contribution in [0.15, 0.2) is 24.3 Å². The molecular weight excluding hydrogens is 240 g/mol. The van der Waals surface area contributed by atoms with E-state index in [4.69, 9.17) is 0 Å². The van der Waals surface area contributed by atoms with E-state index in [-0.39, 0.29) is 23.7 Å². The van der Waals surface area contributed by atoms with Crippen LogP contribution in [-0.4, -0.2) is 35.7 Å². The highest BCUT2D eigenvalue weighted by molar-refractivity contribution is 7.91. The summed E-state index contributed by atoms with van der Waals surface area (Å²) in [6, 6.07) is 6.70. The molecule has 5 heteroatoms. The average molecular weight is 256 g/mol. The van der Waals surface area contributed by atoms with Crippen LogP contribution < -0.4 is 0 Å². The van der Waals surface area contributed by atoms with Gasteiger partial charge in [-0.05, 0) is 24.5 Å². The molecule has 1 fully saturated rings. The van der Waals surface area contributed by atoms with Crippen molar-refractivity contribution < 1.29 is 18.6 Å². The summed E-state index contributed by atoms with van der Waals surface area (Å²) >= 11 is 0. The van der Waals surface area contributed by atoms with E-state index >= 15 is 0 Å². The van der Waals surface area contributed by atoms with Crippen LogP contribution in [0.1, 0.15) is 18.4 Å².